The second kappa shape index (κ2) is 6.73. The van der Waals surface area contributed by atoms with Gasteiger partial charge in [-0.15, -0.1) is 0 Å². The Labute approximate surface area is 94.6 Å². The van der Waals surface area contributed by atoms with Crippen LogP contribution in [0.1, 0.15) is 60.8 Å². The fourth-order valence-electron chi connectivity index (χ4n) is 1.14. The first-order valence-corrected chi connectivity index (χ1v) is 6.60. The zero-order valence-corrected chi connectivity index (χ0v) is 11.5. The van der Waals surface area contributed by atoms with Gasteiger partial charge in [0.1, 0.15) is 0 Å². The average molecular weight is 217 g/mol. The van der Waals surface area contributed by atoms with E-state index in [0.29, 0.717) is 10.8 Å². The van der Waals surface area contributed by atoms with E-state index in [2.05, 4.69) is 46.3 Å². The van der Waals surface area contributed by atoms with Gasteiger partial charge in [-0.2, -0.15) is 0 Å². The third-order valence-electron chi connectivity index (χ3n) is 2.12. The topological polar surface area (TPSA) is 12.0 Å². The third-order valence-corrected chi connectivity index (χ3v) is 3.18. The third kappa shape index (κ3) is 8.89. The number of hydrogen-bond acceptors (Lipinski definition) is 2. The predicted molar refractivity (Wildman–Crippen MR) is 68.6 cm³/mol. The largest absolute Gasteiger partial charge is 0.261 e. The van der Waals surface area contributed by atoms with Crippen LogP contribution in [0.15, 0.2) is 0 Å². The minimum absolute atomic E-state index is 0.325. The molecule has 0 rings (SSSR count). The van der Waals surface area contributed by atoms with Gasteiger partial charge in [-0.1, -0.05) is 32.7 Å². The van der Waals surface area contributed by atoms with Crippen molar-refractivity contribution in [2.75, 3.05) is 0 Å². The Hall–Kier alpha value is 0.310. The zero-order chi connectivity index (χ0) is 11.2. The lowest BCUT2D eigenvalue weighted by molar-refractivity contribution is 0.471. The van der Waals surface area contributed by atoms with E-state index in [9.17, 15) is 0 Å². The highest BCUT2D eigenvalue weighted by Gasteiger charge is 2.14. The predicted octanol–water partition coefficient (Wildman–Crippen LogP) is 4.24. The molecule has 0 aliphatic rings. The highest BCUT2D eigenvalue weighted by atomic mass is 32.2. The minimum Gasteiger partial charge on any atom is -0.261 e. The van der Waals surface area contributed by atoms with Crippen molar-refractivity contribution in [2.45, 2.75) is 71.6 Å². The summed E-state index contributed by atoms with van der Waals surface area (Å²) in [6.45, 7) is 13.6. The molecule has 0 heterocycles. The van der Waals surface area contributed by atoms with Gasteiger partial charge in [-0.3, -0.25) is 4.72 Å². The molecule has 0 aromatic rings. The monoisotopic (exact) mass is 217 g/mol. The lowest BCUT2D eigenvalue weighted by Crippen LogP contribution is -2.27. The molecular formula is C12H27NS. The molecule has 0 fully saturated rings. The van der Waals surface area contributed by atoms with E-state index in [-0.39, 0.29) is 0 Å². The van der Waals surface area contributed by atoms with Gasteiger partial charge in [0.15, 0.2) is 0 Å². The van der Waals surface area contributed by atoms with E-state index < -0.39 is 0 Å². The quantitative estimate of drug-likeness (QED) is 0.668. The van der Waals surface area contributed by atoms with Crippen molar-refractivity contribution < 1.29 is 0 Å². The molecule has 0 spiro atoms. The molecule has 0 saturated heterocycles. The lowest BCUT2D eigenvalue weighted by Gasteiger charge is -2.23. The van der Waals surface area contributed by atoms with Crippen molar-refractivity contribution in [3.8, 4) is 0 Å². The maximum atomic E-state index is 3.58. The molecule has 1 N–H and O–H groups in total. The number of hydrogen-bond donors (Lipinski definition) is 1. The van der Waals surface area contributed by atoms with Crippen molar-refractivity contribution in [3.05, 3.63) is 0 Å². The second-order valence-electron chi connectivity index (χ2n) is 5.41. The van der Waals surface area contributed by atoms with Gasteiger partial charge in [0, 0.05) is 10.8 Å². The van der Waals surface area contributed by atoms with E-state index in [1.54, 1.807) is 0 Å². The van der Waals surface area contributed by atoms with Crippen LogP contribution in [0.5, 0.6) is 0 Å². The van der Waals surface area contributed by atoms with Crippen LogP contribution in [0, 0.1) is 5.92 Å². The summed E-state index contributed by atoms with van der Waals surface area (Å²) in [7, 11) is 0. The van der Waals surface area contributed by atoms with E-state index in [1.165, 1.54) is 19.3 Å². The molecule has 0 radical (unpaired) electrons. The molecule has 0 aromatic heterocycles. The summed E-state index contributed by atoms with van der Waals surface area (Å²) in [5, 5.41) is 0. The van der Waals surface area contributed by atoms with Crippen LogP contribution in [0.4, 0.5) is 0 Å². The second-order valence-corrected chi connectivity index (χ2v) is 7.07. The number of nitrogens with one attached hydrogen (secondary N) is 1. The van der Waals surface area contributed by atoms with Crippen LogP contribution in [-0.4, -0.2) is 10.8 Å². The molecule has 1 atom stereocenters. The van der Waals surface area contributed by atoms with Crippen LogP contribution < -0.4 is 4.72 Å². The molecule has 0 aliphatic carbocycles. The summed E-state index contributed by atoms with van der Waals surface area (Å²) in [6, 6.07) is 0.682. The Bertz CT molecular complexity index is 138. The van der Waals surface area contributed by atoms with Crippen LogP contribution in [0.25, 0.3) is 0 Å². The highest BCUT2D eigenvalue weighted by Crippen LogP contribution is 2.22. The Morgan fingerprint density at radius 2 is 1.71 bits per heavy atom. The smallest absolute Gasteiger partial charge is 0.0220 e. The van der Waals surface area contributed by atoms with Gasteiger partial charge in [0.25, 0.3) is 0 Å². The van der Waals surface area contributed by atoms with Crippen LogP contribution >= 0.6 is 11.9 Å². The maximum Gasteiger partial charge on any atom is 0.0220 e. The molecule has 0 saturated carbocycles. The Balaban J connectivity index is 3.69. The van der Waals surface area contributed by atoms with Crippen LogP contribution in [-0.2, 0) is 0 Å². The standard InChI is InChI=1S/C12H27NS/c1-7-11(9-8-10(2)3)13-14-12(4,5)6/h10-11,13H,7-9H2,1-6H3. The normalized spacial score (nSPS) is 14.8. The van der Waals surface area contributed by atoms with Crippen molar-refractivity contribution in [2.24, 2.45) is 5.92 Å². The Morgan fingerprint density at radius 3 is 2.07 bits per heavy atom. The fraction of sp³-hybridized carbons (Fsp3) is 1.00. The first-order valence-electron chi connectivity index (χ1n) is 5.78. The molecule has 0 aliphatic heterocycles. The molecule has 0 aromatic carbocycles. The van der Waals surface area contributed by atoms with Crippen LogP contribution in [0.3, 0.4) is 0 Å². The van der Waals surface area contributed by atoms with E-state index in [4.69, 9.17) is 0 Å². The van der Waals surface area contributed by atoms with E-state index >= 15 is 0 Å². The van der Waals surface area contributed by atoms with E-state index in [0.717, 1.165) is 5.92 Å². The Morgan fingerprint density at radius 1 is 1.14 bits per heavy atom. The summed E-state index contributed by atoms with van der Waals surface area (Å²) in [5.41, 5.74) is 0. The highest BCUT2D eigenvalue weighted by molar-refractivity contribution is 7.98. The first-order chi connectivity index (χ1) is 6.35. The lowest BCUT2D eigenvalue weighted by atomic mass is 10.0. The molecule has 2 heteroatoms. The SMILES string of the molecule is CCC(CCC(C)C)NSC(C)(C)C. The van der Waals surface area contributed by atoms with Gasteiger partial charge >= 0.3 is 0 Å². The minimum atomic E-state index is 0.325. The zero-order valence-electron chi connectivity index (χ0n) is 10.7. The summed E-state index contributed by atoms with van der Waals surface area (Å²) in [5.74, 6) is 0.825. The molecular weight excluding hydrogens is 190 g/mol. The van der Waals surface area contributed by atoms with Crippen molar-refractivity contribution in [3.63, 3.8) is 0 Å². The van der Waals surface area contributed by atoms with Crippen molar-refractivity contribution in [1.82, 2.24) is 4.72 Å². The summed E-state index contributed by atoms with van der Waals surface area (Å²) < 4.78 is 3.91. The van der Waals surface area contributed by atoms with Gasteiger partial charge in [0.2, 0.25) is 0 Å². The molecule has 1 unspecified atom stereocenters. The molecule has 86 valence electrons. The maximum absolute atomic E-state index is 3.58. The molecule has 0 bridgehead atoms. The molecule has 14 heavy (non-hydrogen) atoms. The summed E-state index contributed by atoms with van der Waals surface area (Å²) in [6.07, 6.45) is 3.86. The van der Waals surface area contributed by atoms with Gasteiger partial charge < -0.3 is 0 Å². The van der Waals surface area contributed by atoms with Gasteiger partial charge in [-0.05, 0) is 46.0 Å². The Kier molecular flexibility index (Phi) is 6.88. The van der Waals surface area contributed by atoms with Gasteiger partial charge in [0.05, 0.1) is 0 Å². The van der Waals surface area contributed by atoms with Crippen molar-refractivity contribution >= 4 is 11.9 Å². The average Bonchev–Trinajstić information content (AvgIpc) is 2.02. The molecule has 0 amide bonds. The summed E-state index contributed by atoms with van der Waals surface area (Å²) in [4.78, 5) is 0. The van der Waals surface area contributed by atoms with E-state index in [1.807, 2.05) is 11.9 Å². The van der Waals surface area contributed by atoms with Crippen molar-refractivity contribution in [1.29, 1.82) is 0 Å². The summed E-state index contributed by atoms with van der Waals surface area (Å²) >= 11 is 1.87. The molecule has 1 nitrogen and oxygen atoms in total. The van der Waals surface area contributed by atoms with Gasteiger partial charge in [-0.25, -0.2) is 0 Å². The van der Waals surface area contributed by atoms with Crippen LogP contribution in [0.2, 0.25) is 0 Å². The number of rotatable bonds is 6. The first kappa shape index (κ1) is 14.3. The fourth-order valence-corrected chi connectivity index (χ4v) is 1.95.